The highest BCUT2D eigenvalue weighted by Crippen LogP contribution is 2.25. The highest BCUT2D eigenvalue weighted by atomic mass is 16.1. The van der Waals surface area contributed by atoms with Crippen LogP contribution in [0.5, 0.6) is 0 Å². The van der Waals surface area contributed by atoms with Gasteiger partial charge in [0.25, 0.3) is 0 Å². The Balaban J connectivity index is 1.76. The van der Waals surface area contributed by atoms with E-state index in [4.69, 9.17) is 0 Å². The summed E-state index contributed by atoms with van der Waals surface area (Å²) in [6, 6.07) is 15.6. The second-order valence-corrected chi connectivity index (χ2v) is 8.80. The fourth-order valence-corrected chi connectivity index (χ4v) is 4.82. The molecule has 0 unspecified atom stereocenters. The first-order valence-electron chi connectivity index (χ1n) is 11.9. The molecule has 2 heterocycles. The molecule has 2 aromatic heterocycles. The van der Waals surface area contributed by atoms with Crippen molar-refractivity contribution in [2.45, 2.75) is 40.0 Å². The molecular formula is C28H29N3O2. The molecule has 5 nitrogen and oxygen atoms in total. The molecule has 0 saturated carbocycles. The monoisotopic (exact) mass is 439 g/mol. The molecule has 2 N–H and O–H groups in total. The predicted molar refractivity (Wildman–Crippen MR) is 140 cm³/mol. The van der Waals surface area contributed by atoms with E-state index in [-0.39, 0.29) is 10.9 Å². The molecule has 0 radical (unpaired) electrons. The molecule has 3 aromatic carbocycles. The largest absolute Gasteiger partial charge is 0.371 e. The van der Waals surface area contributed by atoms with Crippen LogP contribution in [0.3, 0.4) is 0 Å². The second-order valence-electron chi connectivity index (χ2n) is 8.80. The summed E-state index contributed by atoms with van der Waals surface area (Å²) in [6.45, 7) is 8.39. The summed E-state index contributed by atoms with van der Waals surface area (Å²) in [6.07, 6.45) is 3.03. The van der Waals surface area contributed by atoms with Crippen molar-refractivity contribution in [1.82, 2.24) is 9.97 Å². The molecule has 0 amide bonds. The molecule has 5 rings (SSSR count). The first-order valence-corrected chi connectivity index (χ1v) is 11.9. The van der Waals surface area contributed by atoms with Gasteiger partial charge in [0.05, 0.1) is 22.1 Å². The molecule has 5 aromatic rings. The van der Waals surface area contributed by atoms with Crippen molar-refractivity contribution >= 4 is 49.3 Å². The first-order chi connectivity index (χ1) is 16.0. The number of anilines is 1. The van der Waals surface area contributed by atoms with Gasteiger partial charge in [0, 0.05) is 40.3 Å². The fourth-order valence-electron chi connectivity index (χ4n) is 4.82. The van der Waals surface area contributed by atoms with E-state index < -0.39 is 0 Å². The van der Waals surface area contributed by atoms with Crippen molar-refractivity contribution in [3.8, 4) is 0 Å². The van der Waals surface area contributed by atoms with Crippen LogP contribution in [0.1, 0.15) is 39.2 Å². The number of hydrogen-bond donors (Lipinski definition) is 2. The van der Waals surface area contributed by atoms with Gasteiger partial charge in [-0.15, -0.1) is 0 Å². The van der Waals surface area contributed by atoms with E-state index in [9.17, 15) is 9.59 Å². The Bertz CT molecular complexity index is 1620. The van der Waals surface area contributed by atoms with Crippen LogP contribution in [0.4, 0.5) is 5.69 Å². The van der Waals surface area contributed by atoms with Crippen molar-refractivity contribution in [1.29, 1.82) is 0 Å². The molecular weight excluding hydrogens is 410 g/mol. The number of benzene rings is 3. The van der Waals surface area contributed by atoms with Crippen molar-refractivity contribution in [3.63, 3.8) is 0 Å². The summed E-state index contributed by atoms with van der Waals surface area (Å²) in [5.74, 6) is 0. The highest BCUT2D eigenvalue weighted by molar-refractivity contribution is 6.03. The summed E-state index contributed by atoms with van der Waals surface area (Å²) < 4.78 is 0. The molecule has 0 saturated heterocycles. The minimum Gasteiger partial charge on any atom is -0.371 e. The number of nitrogens with one attached hydrogen (secondary N) is 2. The average Bonchev–Trinajstić information content (AvgIpc) is 2.83. The number of H-pyrrole nitrogens is 2. The molecule has 0 aliphatic carbocycles. The third-order valence-electron chi connectivity index (χ3n) is 6.52. The zero-order chi connectivity index (χ0) is 23.1. The lowest BCUT2D eigenvalue weighted by atomic mass is 10.0. The van der Waals surface area contributed by atoms with E-state index in [1.807, 2.05) is 42.5 Å². The zero-order valence-corrected chi connectivity index (χ0v) is 19.4. The van der Waals surface area contributed by atoms with Gasteiger partial charge in [-0.25, -0.2) is 0 Å². The summed E-state index contributed by atoms with van der Waals surface area (Å²) in [7, 11) is 0. The topological polar surface area (TPSA) is 69.0 Å². The van der Waals surface area contributed by atoms with E-state index >= 15 is 0 Å². The predicted octanol–water partition coefficient (Wildman–Crippen LogP) is 5.86. The standard InChI is InChI=1S/C28H29N3O2/c1-4-11-31(12-5-2)18-8-10-20-24(14-18)30-26-16-21-25(15-22(26)28(20)33)29-23-13-17(6-3)7-9-19(23)27(21)32/h7-10,13-16H,4-6,11-12H2,1-3H3,(H,29,32)(H,30,33). The molecule has 0 fully saturated rings. The van der Waals surface area contributed by atoms with Crippen molar-refractivity contribution in [2.24, 2.45) is 0 Å². The Morgan fingerprint density at radius 1 is 0.636 bits per heavy atom. The van der Waals surface area contributed by atoms with Crippen LogP contribution in [-0.4, -0.2) is 23.1 Å². The number of rotatable bonds is 6. The lowest BCUT2D eigenvalue weighted by molar-refractivity contribution is 0.745. The van der Waals surface area contributed by atoms with E-state index in [0.717, 1.165) is 54.6 Å². The van der Waals surface area contributed by atoms with E-state index in [1.54, 1.807) is 0 Å². The molecule has 0 bridgehead atoms. The Morgan fingerprint density at radius 3 is 1.70 bits per heavy atom. The number of aromatic nitrogens is 2. The maximum absolute atomic E-state index is 13.4. The van der Waals surface area contributed by atoms with Crippen LogP contribution in [0.2, 0.25) is 0 Å². The smallest absolute Gasteiger partial charge is 0.197 e. The van der Waals surface area contributed by atoms with Crippen molar-refractivity contribution in [3.05, 3.63) is 74.5 Å². The maximum Gasteiger partial charge on any atom is 0.197 e. The summed E-state index contributed by atoms with van der Waals surface area (Å²) >= 11 is 0. The Hall–Kier alpha value is -3.60. The van der Waals surface area contributed by atoms with Gasteiger partial charge in [0.15, 0.2) is 10.9 Å². The van der Waals surface area contributed by atoms with Crippen LogP contribution in [0.15, 0.2) is 58.1 Å². The highest BCUT2D eigenvalue weighted by Gasteiger charge is 2.13. The zero-order valence-electron chi connectivity index (χ0n) is 19.4. The van der Waals surface area contributed by atoms with Crippen LogP contribution in [0, 0.1) is 0 Å². The molecule has 168 valence electrons. The number of fused-ring (bicyclic) bond motifs is 4. The van der Waals surface area contributed by atoms with Crippen molar-refractivity contribution in [2.75, 3.05) is 18.0 Å². The Kier molecular flexibility index (Phi) is 5.41. The lowest BCUT2D eigenvalue weighted by Crippen LogP contribution is -2.24. The molecule has 0 aliphatic rings. The normalized spacial score (nSPS) is 11.7. The third kappa shape index (κ3) is 3.58. The third-order valence-corrected chi connectivity index (χ3v) is 6.52. The number of pyridine rings is 2. The average molecular weight is 440 g/mol. The summed E-state index contributed by atoms with van der Waals surface area (Å²) in [5.41, 5.74) is 5.21. The van der Waals surface area contributed by atoms with E-state index in [1.165, 1.54) is 0 Å². The molecule has 33 heavy (non-hydrogen) atoms. The molecule has 0 spiro atoms. The van der Waals surface area contributed by atoms with Gasteiger partial charge in [-0.3, -0.25) is 9.59 Å². The van der Waals surface area contributed by atoms with Gasteiger partial charge in [-0.2, -0.15) is 0 Å². The SMILES string of the molecule is CCCN(CCC)c1ccc2c(=O)c3cc4[nH]c5cc(CC)ccc5c(=O)c4cc3[nH]c2c1. The molecule has 5 heteroatoms. The van der Waals surface area contributed by atoms with Gasteiger partial charge in [-0.1, -0.05) is 26.8 Å². The molecule has 0 atom stereocenters. The van der Waals surface area contributed by atoms with E-state index in [0.29, 0.717) is 32.6 Å². The van der Waals surface area contributed by atoms with Gasteiger partial charge in [0.1, 0.15) is 0 Å². The van der Waals surface area contributed by atoms with Crippen LogP contribution in [-0.2, 0) is 6.42 Å². The maximum atomic E-state index is 13.4. The van der Waals surface area contributed by atoms with Gasteiger partial charge >= 0.3 is 0 Å². The number of aryl methyl sites for hydroxylation is 1. The van der Waals surface area contributed by atoms with Gasteiger partial charge in [-0.05, 0) is 67.3 Å². The summed E-state index contributed by atoms with van der Waals surface area (Å²) in [5, 5.41) is 2.50. The minimum absolute atomic E-state index is 0.0185. The van der Waals surface area contributed by atoms with Gasteiger partial charge in [0.2, 0.25) is 0 Å². The Morgan fingerprint density at radius 2 is 1.15 bits per heavy atom. The first kappa shape index (κ1) is 21.3. The van der Waals surface area contributed by atoms with Crippen LogP contribution < -0.4 is 15.8 Å². The van der Waals surface area contributed by atoms with Crippen LogP contribution >= 0.6 is 0 Å². The minimum atomic E-state index is -0.0204. The Labute approximate surface area is 192 Å². The van der Waals surface area contributed by atoms with Gasteiger partial charge < -0.3 is 14.9 Å². The second kappa shape index (κ2) is 8.39. The van der Waals surface area contributed by atoms with E-state index in [2.05, 4.69) is 41.7 Å². The van der Waals surface area contributed by atoms with Crippen LogP contribution in [0.25, 0.3) is 43.6 Å². The number of nitrogens with zero attached hydrogens (tertiary/aromatic N) is 1. The molecule has 0 aliphatic heterocycles. The number of hydrogen-bond acceptors (Lipinski definition) is 3. The lowest BCUT2D eigenvalue weighted by Gasteiger charge is -2.24. The number of aromatic amines is 2. The summed E-state index contributed by atoms with van der Waals surface area (Å²) in [4.78, 5) is 35.8. The van der Waals surface area contributed by atoms with Crippen molar-refractivity contribution < 1.29 is 0 Å². The quantitative estimate of drug-likeness (QED) is 0.325. The fraction of sp³-hybridized carbons (Fsp3) is 0.286.